The molecule has 3 N–H and O–H groups in total. The molecule has 1 aromatic carbocycles. The molecule has 0 radical (unpaired) electrons. The number of fused-ring (bicyclic) bond motifs is 1. The van der Waals surface area contributed by atoms with Gasteiger partial charge in [0.1, 0.15) is 11.8 Å². The Hall–Kier alpha value is -1.59. The Morgan fingerprint density at radius 1 is 1.53 bits per heavy atom. The Morgan fingerprint density at radius 2 is 2.29 bits per heavy atom. The number of nitrogens with two attached hydrogens (primary N) is 1. The minimum atomic E-state index is -0.626. The number of ether oxygens (including phenoxy) is 1. The zero-order valence-corrected chi connectivity index (χ0v) is 9.72. The minimum absolute atomic E-state index is 0.0600. The molecule has 1 amide bonds. The van der Waals surface area contributed by atoms with Crippen LogP contribution >= 0.6 is 0 Å². The smallest absolute Gasteiger partial charge is 0.248 e. The summed E-state index contributed by atoms with van der Waals surface area (Å²) in [6.45, 7) is 0.548. The van der Waals surface area contributed by atoms with E-state index in [1.807, 2.05) is 6.07 Å². The molecule has 0 spiro atoms. The predicted molar refractivity (Wildman–Crippen MR) is 64.0 cm³/mol. The van der Waals surface area contributed by atoms with Gasteiger partial charge in [-0.05, 0) is 24.6 Å². The summed E-state index contributed by atoms with van der Waals surface area (Å²) in [4.78, 5) is 13.6. The number of aliphatic hydroxyl groups is 1. The van der Waals surface area contributed by atoms with Crippen molar-refractivity contribution in [3.05, 3.63) is 23.8 Å². The van der Waals surface area contributed by atoms with Crippen LogP contribution in [0.3, 0.4) is 0 Å². The summed E-state index contributed by atoms with van der Waals surface area (Å²) in [6, 6.07) is 4.79. The van der Waals surface area contributed by atoms with E-state index in [0.29, 0.717) is 18.7 Å². The first-order chi connectivity index (χ1) is 8.19. The van der Waals surface area contributed by atoms with Gasteiger partial charge in [-0.25, -0.2) is 0 Å². The van der Waals surface area contributed by atoms with Gasteiger partial charge in [-0.2, -0.15) is 0 Å². The van der Waals surface area contributed by atoms with E-state index in [-0.39, 0.29) is 12.5 Å². The second-order valence-corrected chi connectivity index (χ2v) is 3.97. The fourth-order valence-electron chi connectivity index (χ4n) is 2.03. The van der Waals surface area contributed by atoms with E-state index in [0.717, 1.165) is 11.3 Å². The Labute approximate surface area is 99.8 Å². The van der Waals surface area contributed by atoms with Crippen molar-refractivity contribution in [2.45, 2.75) is 12.5 Å². The van der Waals surface area contributed by atoms with Crippen LogP contribution in [-0.2, 0) is 4.79 Å². The molecule has 1 aliphatic heterocycles. The fourth-order valence-corrected chi connectivity index (χ4v) is 2.03. The second-order valence-electron chi connectivity index (χ2n) is 3.97. The number of amides is 1. The van der Waals surface area contributed by atoms with Crippen molar-refractivity contribution in [1.29, 1.82) is 0 Å². The van der Waals surface area contributed by atoms with E-state index in [4.69, 9.17) is 15.6 Å². The maximum absolute atomic E-state index is 11.9. The summed E-state index contributed by atoms with van der Waals surface area (Å²) in [5, 5.41) is 8.82. The van der Waals surface area contributed by atoms with Gasteiger partial charge in [0.25, 0.3) is 0 Å². The number of benzene rings is 1. The summed E-state index contributed by atoms with van der Waals surface area (Å²) < 4.78 is 5.11. The molecule has 5 heteroatoms. The molecule has 0 saturated carbocycles. The van der Waals surface area contributed by atoms with Crippen molar-refractivity contribution in [3.8, 4) is 5.75 Å². The van der Waals surface area contributed by atoms with Gasteiger partial charge in [0, 0.05) is 24.4 Å². The van der Waals surface area contributed by atoms with E-state index < -0.39 is 6.04 Å². The highest BCUT2D eigenvalue weighted by atomic mass is 16.5. The Bertz CT molecular complexity index is 434. The van der Waals surface area contributed by atoms with E-state index in [1.54, 1.807) is 24.1 Å². The number of anilines is 1. The van der Waals surface area contributed by atoms with Crippen LogP contribution in [0.25, 0.3) is 0 Å². The Morgan fingerprint density at radius 3 is 2.94 bits per heavy atom. The molecule has 0 aliphatic carbocycles. The quantitative estimate of drug-likeness (QED) is 0.794. The molecule has 92 valence electrons. The standard InChI is InChI=1S/C12H16N2O3/c1-17-8-3-4-10-9(7-8)11(13)12(16)14(10)5-2-6-15/h3-4,7,11,15H,2,5-6,13H2,1H3. The van der Waals surface area contributed by atoms with Crippen molar-refractivity contribution in [1.82, 2.24) is 0 Å². The van der Waals surface area contributed by atoms with Crippen LogP contribution in [0.4, 0.5) is 5.69 Å². The Kier molecular flexibility index (Phi) is 3.31. The second kappa shape index (κ2) is 4.73. The molecule has 0 saturated heterocycles. The maximum Gasteiger partial charge on any atom is 0.248 e. The lowest BCUT2D eigenvalue weighted by Gasteiger charge is -2.16. The normalized spacial score (nSPS) is 18.4. The van der Waals surface area contributed by atoms with Crippen LogP contribution in [0.15, 0.2) is 18.2 Å². The van der Waals surface area contributed by atoms with Crippen molar-refractivity contribution < 1.29 is 14.6 Å². The molecule has 0 bridgehead atoms. The molecule has 1 heterocycles. The molecule has 17 heavy (non-hydrogen) atoms. The molecule has 1 atom stereocenters. The molecule has 0 fully saturated rings. The Balaban J connectivity index is 2.33. The molecule has 2 rings (SSSR count). The van der Waals surface area contributed by atoms with E-state index >= 15 is 0 Å². The van der Waals surface area contributed by atoms with Crippen molar-refractivity contribution in [2.24, 2.45) is 5.73 Å². The van der Waals surface area contributed by atoms with E-state index in [9.17, 15) is 4.79 Å². The van der Waals surface area contributed by atoms with Gasteiger partial charge in [0.15, 0.2) is 0 Å². The van der Waals surface area contributed by atoms with Crippen LogP contribution < -0.4 is 15.4 Å². The topological polar surface area (TPSA) is 75.8 Å². The monoisotopic (exact) mass is 236 g/mol. The average molecular weight is 236 g/mol. The maximum atomic E-state index is 11.9. The average Bonchev–Trinajstić information content (AvgIpc) is 2.60. The van der Waals surface area contributed by atoms with E-state index in [2.05, 4.69) is 0 Å². The molecular formula is C12H16N2O3. The number of methoxy groups -OCH3 is 1. The van der Waals surface area contributed by atoms with Gasteiger partial charge in [0.05, 0.1) is 7.11 Å². The summed E-state index contributed by atoms with van der Waals surface area (Å²) in [5.41, 5.74) is 7.47. The number of aliphatic hydroxyl groups excluding tert-OH is 1. The van der Waals surface area contributed by atoms with Gasteiger partial charge in [-0.3, -0.25) is 4.79 Å². The van der Waals surface area contributed by atoms with Gasteiger partial charge in [-0.1, -0.05) is 0 Å². The van der Waals surface area contributed by atoms with Crippen LogP contribution in [-0.4, -0.2) is 31.3 Å². The largest absolute Gasteiger partial charge is 0.497 e. The number of hydrogen-bond acceptors (Lipinski definition) is 4. The van der Waals surface area contributed by atoms with Gasteiger partial charge < -0.3 is 20.5 Å². The van der Waals surface area contributed by atoms with Crippen LogP contribution in [0, 0.1) is 0 Å². The summed E-state index contributed by atoms with van der Waals surface area (Å²) in [5.74, 6) is 0.567. The first-order valence-electron chi connectivity index (χ1n) is 5.54. The molecule has 0 aromatic heterocycles. The summed E-state index contributed by atoms with van der Waals surface area (Å²) in [7, 11) is 1.58. The molecule has 1 aliphatic rings. The van der Waals surface area contributed by atoms with Crippen LogP contribution in [0.1, 0.15) is 18.0 Å². The van der Waals surface area contributed by atoms with Crippen molar-refractivity contribution in [2.75, 3.05) is 25.2 Å². The van der Waals surface area contributed by atoms with Gasteiger partial charge >= 0.3 is 0 Å². The van der Waals surface area contributed by atoms with Crippen molar-refractivity contribution >= 4 is 11.6 Å². The predicted octanol–water partition coefficient (Wildman–Crippen LogP) is 0.424. The van der Waals surface area contributed by atoms with E-state index in [1.165, 1.54) is 0 Å². The zero-order valence-electron chi connectivity index (χ0n) is 9.72. The number of nitrogens with zero attached hydrogens (tertiary/aromatic N) is 1. The summed E-state index contributed by atoms with van der Waals surface area (Å²) >= 11 is 0. The number of hydrogen-bond donors (Lipinski definition) is 2. The third kappa shape index (κ3) is 1.99. The summed E-state index contributed by atoms with van der Waals surface area (Å²) in [6.07, 6.45) is 0.546. The number of carbonyl (C=O) groups is 1. The third-order valence-corrected chi connectivity index (χ3v) is 2.93. The first kappa shape index (κ1) is 11.9. The van der Waals surface area contributed by atoms with Crippen LogP contribution in [0.2, 0.25) is 0 Å². The SMILES string of the molecule is COc1ccc2c(c1)C(N)C(=O)N2CCCO. The van der Waals surface area contributed by atoms with Crippen molar-refractivity contribution in [3.63, 3.8) is 0 Å². The lowest BCUT2D eigenvalue weighted by Crippen LogP contribution is -2.32. The number of rotatable bonds is 4. The van der Waals surface area contributed by atoms with Gasteiger partial charge in [0.2, 0.25) is 5.91 Å². The third-order valence-electron chi connectivity index (χ3n) is 2.93. The highest BCUT2D eigenvalue weighted by Gasteiger charge is 2.34. The highest BCUT2D eigenvalue weighted by Crippen LogP contribution is 2.36. The minimum Gasteiger partial charge on any atom is -0.497 e. The van der Waals surface area contributed by atoms with Crippen LogP contribution in [0.5, 0.6) is 5.75 Å². The molecule has 1 aromatic rings. The first-order valence-corrected chi connectivity index (χ1v) is 5.54. The molecular weight excluding hydrogens is 220 g/mol. The lowest BCUT2D eigenvalue weighted by molar-refractivity contribution is -0.119. The highest BCUT2D eigenvalue weighted by molar-refractivity contribution is 6.04. The zero-order chi connectivity index (χ0) is 12.4. The number of carbonyl (C=O) groups excluding carboxylic acids is 1. The lowest BCUT2D eigenvalue weighted by atomic mass is 10.1. The molecule has 5 nitrogen and oxygen atoms in total. The van der Waals surface area contributed by atoms with Gasteiger partial charge in [-0.15, -0.1) is 0 Å². The fraction of sp³-hybridized carbons (Fsp3) is 0.417. The molecule has 1 unspecified atom stereocenters.